The quantitative estimate of drug-likeness (QED) is 0.111. The van der Waals surface area contributed by atoms with Gasteiger partial charge in [0, 0.05) is 12.0 Å². The Hall–Kier alpha value is -4.04. The minimum Gasteiger partial charge on any atom is -0.508 e. The lowest BCUT2D eigenvalue weighted by Gasteiger charge is -2.35. The van der Waals surface area contributed by atoms with E-state index in [0.29, 0.717) is 11.1 Å². The Labute approximate surface area is 262 Å². The summed E-state index contributed by atoms with van der Waals surface area (Å²) in [7, 11) is 0. The molecule has 0 fully saturated rings. The Morgan fingerprint density at radius 2 is 0.978 bits per heavy atom. The zero-order chi connectivity index (χ0) is 33.2. The van der Waals surface area contributed by atoms with Gasteiger partial charge in [0.1, 0.15) is 59.2 Å². The summed E-state index contributed by atoms with van der Waals surface area (Å²) in [5.74, 6) is -2.94. The molecule has 0 heterocycles. The topological polar surface area (TPSA) is 129 Å². The molecule has 5 N–H and O–H groups in total. The van der Waals surface area contributed by atoms with Crippen LogP contribution in [0.5, 0.6) is 11.5 Å². The molecule has 5 atom stereocenters. The lowest BCUT2D eigenvalue weighted by atomic mass is 9.94. The third kappa shape index (κ3) is 9.73. The number of phenolic OH excluding ortho intramolecular Hbond substituents is 2. The highest BCUT2D eigenvalue weighted by molar-refractivity contribution is 5.34. The van der Waals surface area contributed by atoms with Crippen LogP contribution in [0.15, 0.2) is 84.9 Å². The van der Waals surface area contributed by atoms with Gasteiger partial charge in [-0.15, -0.1) is 0 Å². The van der Waals surface area contributed by atoms with Crippen molar-refractivity contribution in [2.24, 2.45) is 0 Å². The number of benzene rings is 4. The molecule has 4 aromatic rings. The highest BCUT2D eigenvalue weighted by Gasteiger charge is 2.39. The van der Waals surface area contributed by atoms with E-state index in [1.807, 2.05) is 0 Å². The first-order valence-corrected chi connectivity index (χ1v) is 14.3. The van der Waals surface area contributed by atoms with Crippen LogP contribution in [0.3, 0.4) is 0 Å². The van der Waals surface area contributed by atoms with Crippen molar-refractivity contribution >= 4 is 0 Å². The van der Waals surface area contributed by atoms with Crippen LogP contribution in [0.2, 0.25) is 0 Å². The number of aliphatic hydroxyl groups excluding tert-OH is 3. The van der Waals surface area contributed by atoms with Crippen LogP contribution in [0.4, 0.5) is 17.6 Å². The van der Waals surface area contributed by atoms with E-state index >= 15 is 0 Å². The number of phenols is 2. The predicted molar refractivity (Wildman–Crippen MR) is 157 cm³/mol. The number of aromatic hydroxyl groups is 2. The van der Waals surface area contributed by atoms with Gasteiger partial charge in [0.25, 0.3) is 0 Å². The summed E-state index contributed by atoms with van der Waals surface area (Å²) >= 11 is 0. The van der Waals surface area contributed by atoms with Gasteiger partial charge in [0.2, 0.25) is 0 Å². The fourth-order valence-electron chi connectivity index (χ4n) is 4.73. The second kappa shape index (κ2) is 16.5. The number of ether oxygens (including phenoxy) is 3. The first-order valence-electron chi connectivity index (χ1n) is 14.3. The fourth-order valence-corrected chi connectivity index (χ4v) is 4.73. The Morgan fingerprint density at radius 3 is 1.52 bits per heavy atom. The van der Waals surface area contributed by atoms with Gasteiger partial charge in [0.15, 0.2) is 0 Å². The van der Waals surface area contributed by atoms with Gasteiger partial charge >= 0.3 is 0 Å². The monoisotopic (exact) mass is 646 g/mol. The second-order valence-corrected chi connectivity index (χ2v) is 10.6. The van der Waals surface area contributed by atoms with Crippen molar-refractivity contribution in [3.8, 4) is 11.5 Å². The van der Waals surface area contributed by atoms with Gasteiger partial charge in [-0.1, -0.05) is 24.3 Å². The van der Waals surface area contributed by atoms with Crippen molar-refractivity contribution in [2.75, 3.05) is 6.61 Å². The summed E-state index contributed by atoms with van der Waals surface area (Å²) in [5, 5.41) is 53.4. The molecule has 246 valence electrons. The third-order valence-electron chi connectivity index (χ3n) is 7.30. The van der Waals surface area contributed by atoms with Gasteiger partial charge in [0.05, 0.1) is 32.5 Å². The van der Waals surface area contributed by atoms with E-state index in [1.54, 1.807) is 0 Å². The van der Waals surface area contributed by atoms with Crippen molar-refractivity contribution in [3.63, 3.8) is 0 Å². The molecule has 0 aliphatic heterocycles. The summed E-state index contributed by atoms with van der Waals surface area (Å²) in [6.45, 7) is -1.59. The molecule has 0 saturated heterocycles. The van der Waals surface area contributed by atoms with E-state index < -0.39 is 67.0 Å². The standard InChI is InChI=1S/C34H34F4O8/c35-24-5-1-20(2-6-24)17-44-31(16-39)32(42)33(43)34(46-18-21-3-7-25(36)8-4-21)30(15-22-13-26(37)9-11-28(22)40)45-19-23-14-27(38)10-12-29(23)41/h1-14,30-34,39-43H,15-19H2/t30?,31-,32-,33+,34-/m1/s1. The number of rotatable bonds is 16. The molecule has 0 saturated carbocycles. The summed E-state index contributed by atoms with van der Waals surface area (Å²) in [5.41, 5.74) is 1.05. The molecule has 1 unspecified atom stereocenters. The van der Waals surface area contributed by atoms with Crippen LogP contribution < -0.4 is 0 Å². The molecule has 0 aliphatic carbocycles. The largest absolute Gasteiger partial charge is 0.508 e. The molecular weight excluding hydrogens is 612 g/mol. The van der Waals surface area contributed by atoms with Crippen LogP contribution in [0.25, 0.3) is 0 Å². The fraction of sp³-hybridized carbons (Fsp3) is 0.294. The second-order valence-electron chi connectivity index (χ2n) is 10.6. The molecule has 0 bridgehead atoms. The molecule has 0 aliphatic rings. The molecule has 0 aromatic heterocycles. The lowest BCUT2D eigenvalue weighted by Crippen LogP contribution is -2.52. The minimum absolute atomic E-state index is 0.0247. The number of hydrogen-bond acceptors (Lipinski definition) is 8. The summed E-state index contributed by atoms with van der Waals surface area (Å²) in [6.07, 6.45) is -8.19. The molecule has 12 heteroatoms. The Morgan fingerprint density at radius 1 is 0.522 bits per heavy atom. The Balaban J connectivity index is 1.65. The van der Waals surface area contributed by atoms with Crippen LogP contribution >= 0.6 is 0 Å². The van der Waals surface area contributed by atoms with Crippen LogP contribution in [0, 0.1) is 23.3 Å². The van der Waals surface area contributed by atoms with Gasteiger partial charge in [-0.05, 0) is 77.4 Å². The van der Waals surface area contributed by atoms with Crippen molar-refractivity contribution in [2.45, 2.75) is 56.8 Å². The first-order chi connectivity index (χ1) is 22.0. The third-order valence-corrected chi connectivity index (χ3v) is 7.30. The van der Waals surface area contributed by atoms with E-state index in [9.17, 15) is 43.1 Å². The highest BCUT2D eigenvalue weighted by atomic mass is 19.1. The van der Waals surface area contributed by atoms with Crippen LogP contribution in [0.1, 0.15) is 22.3 Å². The molecular formula is C34H34F4O8. The molecule has 0 amide bonds. The molecule has 4 rings (SSSR count). The normalized spacial score (nSPS) is 14.8. The molecule has 8 nitrogen and oxygen atoms in total. The zero-order valence-electron chi connectivity index (χ0n) is 24.5. The summed E-state index contributed by atoms with van der Waals surface area (Å²) in [6, 6.07) is 16.9. The number of halogens is 4. The molecule has 4 aromatic carbocycles. The number of aliphatic hydroxyl groups is 3. The predicted octanol–water partition coefficient (Wildman–Crippen LogP) is 4.67. The SMILES string of the molecule is OC[C@@H](OCc1ccc(F)cc1)[C@@H](O)[C@H](O)[C@H](OCc1ccc(F)cc1)C(Cc1cc(F)ccc1O)OCc1cc(F)ccc1O. The minimum atomic E-state index is -1.87. The van der Waals surface area contributed by atoms with E-state index in [0.717, 1.165) is 36.4 Å². The van der Waals surface area contributed by atoms with Crippen molar-refractivity contribution < 1.29 is 57.3 Å². The van der Waals surface area contributed by atoms with Crippen LogP contribution in [-0.2, 0) is 40.5 Å². The molecule has 46 heavy (non-hydrogen) atoms. The van der Waals surface area contributed by atoms with Crippen molar-refractivity contribution in [1.29, 1.82) is 0 Å². The average molecular weight is 647 g/mol. The van der Waals surface area contributed by atoms with Crippen molar-refractivity contribution in [1.82, 2.24) is 0 Å². The van der Waals surface area contributed by atoms with Gasteiger partial charge in [-0.2, -0.15) is 0 Å². The van der Waals surface area contributed by atoms with Crippen LogP contribution in [-0.4, -0.2) is 62.7 Å². The maximum atomic E-state index is 14.2. The van der Waals surface area contributed by atoms with E-state index in [2.05, 4.69) is 0 Å². The molecule has 0 radical (unpaired) electrons. The maximum absolute atomic E-state index is 14.2. The van der Waals surface area contributed by atoms with Gasteiger partial charge in [-0.25, -0.2) is 17.6 Å². The van der Waals surface area contributed by atoms with E-state index in [1.165, 1.54) is 48.5 Å². The highest BCUT2D eigenvalue weighted by Crippen LogP contribution is 2.28. The maximum Gasteiger partial charge on any atom is 0.123 e. The average Bonchev–Trinajstić information content (AvgIpc) is 3.04. The Kier molecular flexibility index (Phi) is 12.5. The van der Waals surface area contributed by atoms with E-state index in [4.69, 9.17) is 14.2 Å². The van der Waals surface area contributed by atoms with E-state index in [-0.39, 0.29) is 42.3 Å². The van der Waals surface area contributed by atoms with Crippen molar-refractivity contribution in [3.05, 3.63) is 130 Å². The summed E-state index contributed by atoms with van der Waals surface area (Å²) < 4.78 is 72.7. The van der Waals surface area contributed by atoms with Gasteiger partial charge < -0.3 is 39.7 Å². The Bertz CT molecular complexity index is 1540. The number of hydrogen-bond donors (Lipinski definition) is 5. The van der Waals surface area contributed by atoms with Gasteiger partial charge in [-0.3, -0.25) is 0 Å². The molecule has 0 spiro atoms. The first kappa shape index (κ1) is 34.8. The summed E-state index contributed by atoms with van der Waals surface area (Å²) in [4.78, 5) is 0. The smallest absolute Gasteiger partial charge is 0.123 e. The zero-order valence-corrected chi connectivity index (χ0v) is 24.5. The lowest BCUT2D eigenvalue weighted by molar-refractivity contribution is -0.184.